The van der Waals surface area contributed by atoms with Crippen molar-refractivity contribution in [2.75, 3.05) is 27.9 Å². The molecule has 18 heavy (non-hydrogen) atoms. The normalized spacial score (nSPS) is 12.4. The zero-order chi connectivity index (χ0) is 13.4. The first-order valence-corrected chi connectivity index (χ1v) is 6.22. The summed E-state index contributed by atoms with van der Waals surface area (Å²) in [6.45, 7) is 0.771. The number of methoxy groups -OCH3 is 2. The molecule has 0 spiro atoms. The van der Waals surface area contributed by atoms with Crippen molar-refractivity contribution >= 4 is 0 Å². The molecule has 0 heterocycles. The molecule has 0 aromatic heterocycles. The van der Waals surface area contributed by atoms with Gasteiger partial charge in [0.1, 0.15) is 0 Å². The lowest BCUT2D eigenvalue weighted by Crippen LogP contribution is -2.16. The summed E-state index contributed by atoms with van der Waals surface area (Å²) < 4.78 is 23.5. The van der Waals surface area contributed by atoms with Crippen LogP contribution in [0.2, 0.25) is 0 Å². The van der Waals surface area contributed by atoms with E-state index in [9.17, 15) is 4.39 Å². The van der Waals surface area contributed by atoms with E-state index in [-0.39, 0.29) is 17.6 Å². The topological polar surface area (TPSA) is 30.5 Å². The second kappa shape index (κ2) is 8.06. The molecule has 0 aliphatic heterocycles. The molecule has 1 atom stereocenters. The number of ether oxygens (including phenoxy) is 2. The van der Waals surface area contributed by atoms with Crippen LogP contribution in [0.3, 0.4) is 0 Å². The molecule has 0 aliphatic carbocycles. The van der Waals surface area contributed by atoms with E-state index in [1.54, 1.807) is 13.2 Å². The van der Waals surface area contributed by atoms with Crippen LogP contribution in [0, 0.1) is 5.82 Å². The molecule has 1 unspecified atom stereocenters. The number of unbranched alkanes of at least 4 members (excludes halogenated alkanes) is 1. The summed E-state index contributed by atoms with van der Waals surface area (Å²) >= 11 is 0. The number of benzene rings is 1. The van der Waals surface area contributed by atoms with Gasteiger partial charge < -0.3 is 14.8 Å². The Kier molecular flexibility index (Phi) is 6.68. The van der Waals surface area contributed by atoms with Gasteiger partial charge in [0.2, 0.25) is 0 Å². The summed E-state index contributed by atoms with van der Waals surface area (Å²) in [6.07, 6.45) is 3.03. The Morgan fingerprint density at radius 2 is 2.06 bits per heavy atom. The smallest absolute Gasteiger partial charge is 0.165 e. The number of hydrogen-bond donors (Lipinski definition) is 1. The molecule has 0 saturated carbocycles. The second-order valence-electron chi connectivity index (χ2n) is 4.22. The van der Waals surface area contributed by atoms with E-state index in [0.29, 0.717) is 0 Å². The molecule has 0 radical (unpaired) electrons. The highest BCUT2D eigenvalue weighted by Gasteiger charge is 2.11. The minimum absolute atomic E-state index is 0.169. The SMILES string of the molecule is CNC(CCCCOC)c1ccc(OC)c(F)c1. The molecule has 1 N–H and O–H groups in total. The van der Waals surface area contributed by atoms with Crippen molar-refractivity contribution in [2.45, 2.75) is 25.3 Å². The van der Waals surface area contributed by atoms with Crippen molar-refractivity contribution in [2.24, 2.45) is 0 Å². The number of halogens is 1. The van der Waals surface area contributed by atoms with Crippen LogP contribution in [-0.4, -0.2) is 27.9 Å². The minimum atomic E-state index is -0.313. The van der Waals surface area contributed by atoms with Crippen LogP contribution in [0.25, 0.3) is 0 Å². The molecule has 0 amide bonds. The fraction of sp³-hybridized carbons (Fsp3) is 0.571. The summed E-state index contributed by atoms with van der Waals surface area (Å²) in [5.41, 5.74) is 0.952. The second-order valence-corrected chi connectivity index (χ2v) is 4.22. The Labute approximate surface area is 108 Å². The van der Waals surface area contributed by atoms with E-state index in [1.807, 2.05) is 13.1 Å². The average molecular weight is 255 g/mol. The van der Waals surface area contributed by atoms with Gasteiger partial charge in [-0.15, -0.1) is 0 Å². The zero-order valence-electron chi connectivity index (χ0n) is 11.3. The molecular weight excluding hydrogens is 233 g/mol. The Balaban J connectivity index is 2.61. The lowest BCUT2D eigenvalue weighted by atomic mass is 10.0. The van der Waals surface area contributed by atoms with Crippen LogP contribution in [-0.2, 0) is 4.74 Å². The van der Waals surface area contributed by atoms with Crippen molar-refractivity contribution in [3.8, 4) is 5.75 Å². The Bertz CT molecular complexity index is 358. The fourth-order valence-electron chi connectivity index (χ4n) is 1.97. The maximum absolute atomic E-state index is 13.6. The van der Waals surface area contributed by atoms with Crippen LogP contribution in [0.4, 0.5) is 4.39 Å². The molecule has 1 aromatic rings. The molecule has 0 aliphatic rings. The van der Waals surface area contributed by atoms with Gasteiger partial charge in [-0.3, -0.25) is 0 Å². The van der Waals surface area contributed by atoms with E-state index >= 15 is 0 Å². The van der Waals surface area contributed by atoms with Crippen LogP contribution in [0.1, 0.15) is 30.9 Å². The van der Waals surface area contributed by atoms with E-state index < -0.39 is 0 Å². The molecule has 1 rings (SSSR count). The van der Waals surface area contributed by atoms with Crippen LogP contribution in [0.5, 0.6) is 5.75 Å². The Morgan fingerprint density at radius 3 is 2.61 bits per heavy atom. The quantitative estimate of drug-likeness (QED) is 0.724. The molecule has 0 bridgehead atoms. The van der Waals surface area contributed by atoms with E-state index in [2.05, 4.69) is 5.32 Å². The van der Waals surface area contributed by atoms with E-state index in [4.69, 9.17) is 9.47 Å². The van der Waals surface area contributed by atoms with Crippen LogP contribution >= 0.6 is 0 Å². The van der Waals surface area contributed by atoms with Crippen molar-refractivity contribution < 1.29 is 13.9 Å². The first kappa shape index (κ1) is 14.9. The standard InChI is InChI=1S/C14H22FNO2/c1-16-13(6-4-5-9-17-2)11-7-8-14(18-3)12(15)10-11/h7-8,10,13,16H,4-6,9H2,1-3H3. The first-order chi connectivity index (χ1) is 8.72. The number of hydrogen-bond acceptors (Lipinski definition) is 3. The van der Waals surface area contributed by atoms with E-state index in [1.165, 1.54) is 13.2 Å². The number of rotatable bonds is 8. The monoisotopic (exact) mass is 255 g/mol. The Morgan fingerprint density at radius 1 is 1.28 bits per heavy atom. The summed E-state index contributed by atoms with van der Waals surface area (Å²) in [5, 5.41) is 3.21. The average Bonchev–Trinajstić information content (AvgIpc) is 2.39. The number of nitrogens with one attached hydrogen (secondary N) is 1. The molecule has 3 nitrogen and oxygen atoms in total. The van der Waals surface area contributed by atoms with Gasteiger partial charge in [0.25, 0.3) is 0 Å². The third kappa shape index (κ3) is 4.27. The summed E-state index contributed by atoms with van der Waals surface area (Å²) in [5.74, 6) is -0.0277. The zero-order valence-corrected chi connectivity index (χ0v) is 11.3. The fourth-order valence-corrected chi connectivity index (χ4v) is 1.97. The minimum Gasteiger partial charge on any atom is -0.494 e. The molecule has 102 valence electrons. The largest absolute Gasteiger partial charge is 0.494 e. The van der Waals surface area contributed by atoms with Gasteiger partial charge >= 0.3 is 0 Å². The predicted molar refractivity (Wildman–Crippen MR) is 70.5 cm³/mol. The van der Waals surface area contributed by atoms with Gasteiger partial charge in [0.15, 0.2) is 11.6 Å². The van der Waals surface area contributed by atoms with Gasteiger partial charge in [-0.05, 0) is 44.0 Å². The molecule has 0 fully saturated rings. The van der Waals surface area contributed by atoms with Crippen molar-refractivity contribution in [3.05, 3.63) is 29.6 Å². The van der Waals surface area contributed by atoms with Gasteiger partial charge in [-0.2, -0.15) is 0 Å². The molecular formula is C14H22FNO2. The van der Waals surface area contributed by atoms with E-state index in [0.717, 1.165) is 31.4 Å². The maximum Gasteiger partial charge on any atom is 0.165 e. The van der Waals surface area contributed by atoms with Crippen molar-refractivity contribution in [1.82, 2.24) is 5.32 Å². The van der Waals surface area contributed by atoms with Crippen molar-refractivity contribution in [3.63, 3.8) is 0 Å². The molecule has 0 saturated heterocycles. The highest BCUT2D eigenvalue weighted by Crippen LogP contribution is 2.24. The summed E-state index contributed by atoms with van der Waals surface area (Å²) in [6, 6.07) is 5.28. The lowest BCUT2D eigenvalue weighted by Gasteiger charge is -2.17. The molecule has 4 heteroatoms. The van der Waals surface area contributed by atoms with Gasteiger partial charge in [-0.1, -0.05) is 6.07 Å². The van der Waals surface area contributed by atoms with Gasteiger partial charge in [0, 0.05) is 19.8 Å². The highest BCUT2D eigenvalue weighted by molar-refractivity contribution is 5.31. The third-order valence-electron chi connectivity index (χ3n) is 3.02. The Hall–Kier alpha value is -1.13. The van der Waals surface area contributed by atoms with Gasteiger partial charge in [0.05, 0.1) is 7.11 Å². The summed E-state index contributed by atoms with van der Waals surface area (Å²) in [7, 11) is 5.07. The first-order valence-electron chi connectivity index (χ1n) is 6.22. The predicted octanol–water partition coefficient (Wildman–Crippen LogP) is 2.91. The van der Waals surface area contributed by atoms with Crippen LogP contribution in [0.15, 0.2) is 18.2 Å². The molecule has 1 aromatic carbocycles. The summed E-state index contributed by atoms with van der Waals surface area (Å²) in [4.78, 5) is 0. The highest BCUT2D eigenvalue weighted by atomic mass is 19.1. The van der Waals surface area contributed by atoms with Crippen molar-refractivity contribution in [1.29, 1.82) is 0 Å². The maximum atomic E-state index is 13.6. The van der Waals surface area contributed by atoms with Gasteiger partial charge in [-0.25, -0.2) is 4.39 Å². The third-order valence-corrected chi connectivity index (χ3v) is 3.02. The van der Waals surface area contributed by atoms with Crippen LogP contribution < -0.4 is 10.1 Å². The lowest BCUT2D eigenvalue weighted by molar-refractivity contribution is 0.191.